The van der Waals surface area contributed by atoms with Crippen molar-refractivity contribution < 1.29 is 0 Å². The molecule has 13 heavy (non-hydrogen) atoms. The molecule has 0 saturated carbocycles. The molecule has 1 unspecified atom stereocenters. The fourth-order valence-corrected chi connectivity index (χ4v) is 6.09. The number of piperidine rings is 1. The summed E-state index contributed by atoms with van der Waals surface area (Å²) in [4.78, 5) is 0. The first-order chi connectivity index (χ1) is 6.34. The lowest BCUT2D eigenvalue weighted by Gasteiger charge is -2.31. The van der Waals surface area contributed by atoms with Gasteiger partial charge in [0, 0.05) is 9.52 Å². The van der Waals surface area contributed by atoms with E-state index >= 15 is 0 Å². The molecule has 0 aromatic carbocycles. The van der Waals surface area contributed by atoms with Crippen molar-refractivity contribution >= 4 is 18.5 Å². The summed E-state index contributed by atoms with van der Waals surface area (Å²) >= 11 is 0. The highest BCUT2D eigenvalue weighted by molar-refractivity contribution is 6.54. The number of rotatable bonds is 5. The third-order valence-electron chi connectivity index (χ3n) is 3.24. The molecule has 1 aliphatic heterocycles. The first-order valence-electron chi connectivity index (χ1n) is 6.08. The first-order valence-corrected chi connectivity index (χ1v) is 11.0. The highest BCUT2D eigenvalue weighted by atomic mass is 28.3. The zero-order valence-corrected chi connectivity index (χ0v) is 12.0. The molecule has 0 amide bonds. The Morgan fingerprint density at radius 2 is 1.92 bits per heavy atom. The van der Waals surface area contributed by atoms with Crippen molar-refractivity contribution in [3.05, 3.63) is 0 Å². The van der Waals surface area contributed by atoms with Gasteiger partial charge in [0.05, 0.1) is 0 Å². The summed E-state index contributed by atoms with van der Waals surface area (Å²) < 4.78 is 2.83. The van der Waals surface area contributed by atoms with E-state index in [2.05, 4.69) is 17.7 Å². The third kappa shape index (κ3) is 4.43. The topological polar surface area (TPSA) is 3.24 Å². The van der Waals surface area contributed by atoms with E-state index in [-0.39, 0.29) is 0 Å². The lowest BCUT2D eigenvalue weighted by atomic mass is 10.2. The molecule has 0 aromatic heterocycles. The summed E-state index contributed by atoms with van der Waals surface area (Å²) in [5.74, 6) is 0. The average Bonchev–Trinajstić information content (AvgIpc) is 2.19. The molecule has 1 rings (SSSR count). The predicted molar refractivity (Wildman–Crippen MR) is 67.1 cm³/mol. The van der Waals surface area contributed by atoms with Gasteiger partial charge in [0.2, 0.25) is 0 Å². The van der Waals surface area contributed by atoms with Crippen molar-refractivity contribution in [2.75, 3.05) is 13.1 Å². The van der Waals surface area contributed by atoms with Gasteiger partial charge in [-0.1, -0.05) is 32.0 Å². The zero-order chi connectivity index (χ0) is 9.52. The summed E-state index contributed by atoms with van der Waals surface area (Å²) in [5.41, 5.74) is 0. The summed E-state index contributed by atoms with van der Waals surface area (Å²) in [6.07, 6.45) is 5.98. The third-order valence-corrected chi connectivity index (χ3v) is 7.45. The monoisotopic (exact) mass is 215 g/mol. The lowest BCUT2D eigenvalue weighted by Crippen LogP contribution is -2.40. The maximum atomic E-state index is 2.83. The van der Waals surface area contributed by atoms with Gasteiger partial charge in [-0.05, 0) is 32.0 Å². The van der Waals surface area contributed by atoms with Crippen LogP contribution >= 0.6 is 0 Å². The molecule has 0 aliphatic carbocycles. The highest BCUT2D eigenvalue weighted by Crippen LogP contribution is 2.14. The smallest absolute Gasteiger partial charge is 0.108 e. The van der Waals surface area contributed by atoms with E-state index in [1.165, 1.54) is 32.4 Å². The molecule has 1 fully saturated rings. The van der Waals surface area contributed by atoms with Crippen molar-refractivity contribution in [3.63, 3.8) is 0 Å². The molecule has 3 heteroatoms. The first kappa shape index (κ1) is 11.5. The van der Waals surface area contributed by atoms with E-state index in [1.54, 1.807) is 18.5 Å². The molecule has 0 spiro atoms. The van der Waals surface area contributed by atoms with E-state index in [0.29, 0.717) is 9.52 Å². The van der Waals surface area contributed by atoms with Crippen LogP contribution < -0.4 is 0 Å². The average molecular weight is 215 g/mol. The van der Waals surface area contributed by atoms with E-state index in [0.717, 1.165) is 0 Å². The van der Waals surface area contributed by atoms with Gasteiger partial charge in [0.25, 0.3) is 0 Å². The van der Waals surface area contributed by atoms with Crippen LogP contribution in [0.15, 0.2) is 0 Å². The van der Waals surface area contributed by atoms with Crippen LogP contribution in [-0.4, -0.2) is 36.1 Å². The van der Waals surface area contributed by atoms with E-state index in [1.807, 2.05) is 0 Å². The SMILES string of the molecule is C[SiH2]CCC[SiH](C)N1CCCCC1. The molecular formula is C10H25NSi2. The fourth-order valence-electron chi connectivity index (χ4n) is 2.23. The molecule has 1 nitrogen and oxygen atoms in total. The van der Waals surface area contributed by atoms with Gasteiger partial charge in [-0.2, -0.15) is 0 Å². The Morgan fingerprint density at radius 3 is 2.54 bits per heavy atom. The quantitative estimate of drug-likeness (QED) is 0.500. The van der Waals surface area contributed by atoms with Gasteiger partial charge in [-0.15, -0.1) is 0 Å². The van der Waals surface area contributed by atoms with Crippen LogP contribution in [0.2, 0.25) is 25.2 Å². The van der Waals surface area contributed by atoms with Crippen LogP contribution in [0.5, 0.6) is 0 Å². The Hall–Kier alpha value is 0.394. The van der Waals surface area contributed by atoms with Crippen molar-refractivity contribution in [1.82, 2.24) is 4.57 Å². The van der Waals surface area contributed by atoms with Gasteiger partial charge < -0.3 is 4.57 Å². The Morgan fingerprint density at radius 1 is 1.23 bits per heavy atom. The normalized spacial score (nSPS) is 22.6. The Bertz CT molecular complexity index is 124. The van der Waals surface area contributed by atoms with Crippen LogP contribution in [-0.2, 0) is 0 Å². The molecule has 1 atom stereocenters. The molecule has 1 aliphatic rings. The Balaban J connectivity index is 2.09. The summed E-state index contributed by atoms with van der Waals surface area (Å²) in [7, 11) is -0.113. The predicted octanol–water partition coefficient (Wildman–Crippen LogP) is 1.85. The molecule has 0 bridgehead atoms. The maximum Gasteiger partial charge on any atom is 0.108 e. The van der Waals surface area contributed by atoms with E-state index < -0.39 is 8.96 Å². The lowest BCUT2D eigenvalue weighted by molar-refractivity contribution is 0.351. The highest BCUT2D eigenvalue weighted by Gasteiger charge is 2.16. The minimum atomic E-state index is -0.460. The van der Waals surface area contributed by atoms with Crippen molar-refractivity contribution in [3.8, 4) is 0 Å². The van der Waals surface area contributed by atoms with Crippen LogP contribution in [0, 0.1) is 0 Å². The van der Waals surface area contributed by atoms with Crippen LogP contribution in [0.4, 0.5) is 0 Å². The van der Waals surface area contributed by atoms with Crippen LogP contribution in [0.25, 0.3) is 0 Å². The van der Waals surface area contributed by atoms with Crippen LogP contribution in [0.3, 0.4) is 0 Å². The van der Waals surface area contributed by atoms with Gasteiger partial charge >= 0.3 is 0 Å². The molecule has 1 saturated heterocycles. The van der Waals surface area contributed by atoms with Crippen LogP contribution in [0.1, 0.15) is 25.7 Å². The van der Waals surface area contributed by atoms with Gasteiger partial charge in [-0.3, -0.25) is 0 Å². The molecule has 0 N–H and O–H groups in total. The summed E-state index contributed by atoms with van der Waals surface area (Å²) in [6, 6.07) is 3.17. The van der Waals surface area contributed by atoms with Crippen molar-refractivity contribution in [1.29, 1.82) is 0 Å². The number of nitrogens with zero attached hydrogens (tertiary/aromatic N) is 1. The molecule has 78 valence electrons. The minimum Gasteiger partial charge on any atom is -0.326 e. The second-order valence-electron chi connectivity index (χ2n) is 4.44. The van der Waals surface area contributed by atoms with E-state index in [9.17, 15) is 0 Å². The molecule has 1 heterocycles. The van der Waals surface area contributed by atoms with Gasteiger partial charge in [-0.25, -0.2) is 0 Å². The standard InChI is InChI=1S/C10H25NSi2/c1-12-9-6-10-13(2)11-7-4-3-5-8-11/h13H,3-10,12H2,1-2H3. The summed E-state index contributed by atoms with van der Waals surface area (Å²) in [5, 5.41) is 0. The molecule has 0 radical (unpaired) electrons. The Labute approximate surface area is 87.4 Å². The fraction of sp³-hybridized carbons (Fsp3) is 1.00. The van der Waals surface area contributed by atoms with Gasteiger partial charge in [0.1, 0.15) is 8.96 Å². The number of hydrogen-bond acceptors (Lipinski definition) is 1. The van der Waals surface area contributed by atoms with E-state index in [4.69, 9.17) is 0 Å². The number of hydrogen-bond donors (Lipinski definition) is 0. The Kier molecular flexibility index (Phi) is 5.99. The minimum absolute atomic E-state index is 0.346. The maximum absolute atomic E-state index is 2.83. The second-order valence-corrected chi connectivity index (χ2v) is 9.15. The largest absolute Gasteiger partial charge is 0.326 e. The van der Waals surface area contributed by atoms with Gasteiger partial charge in [0.15, 0.2) is 0 Å². The molecular weight excluding hydrogens is 190 g/mol. The second kappa shape index (κ2) is 6.79. The summed E-state index contributed by atoms with van der Waals surface area (Å²) in [6.45, 7) is 7.85. The van der Waals surface area contributed by atoms with Crippen molar-refractivity contribution in [2.24, 2.45) is 0 Å². The zero-order valence-electron chi connectivity index (χ0n) is 9.39. The molecule has 0 aromatic rings. The van der Waals surface area contributed by atoms with Crippen molar-refractivity contribution in [2.45, 2.75) is 50.9 Å².